The van der Waals surface area contributed by atoms with Gasteiger partial charge in [-0.15, -0.1) is 0 Å². The lowest BCUT2D eigenvalue weighted by Crippen LogP contribution is -2.34. The van der Waals surface area contributed by atoms with Gasteiger partial charge in [-0.1, -0.05) is 0 Å². The highest BCUT2D eigenvalue weighted by molar-refractivity contribution is 5.80. The molecular weight excluding hydrogens is 208 g/mol. The SMILES string of the molecule is CNC(CCCCNC(=O)C1CC1)C(=O)O. The van der Waals surface area contributed by atoms with E-state index in [9.17, 15) is 9.59 Å². The summed E-state index contributed by atoms with van der Waals surface area (Å²) in [7, 11) is 1.65. The number of carboxylic acids is 1. The molecule has 1 aliphatic rings. The van der Waals surface area contributed by atoms with Gasteiger partial charge in [-0.2, -0.15) is 0 Å². The van der Waals surface area contributed by atoms with E-state index in [0.717, 1.165) is 25.7 Å². The number of carboxylic acid groups (broad SMARTS) is 1. The molecule has 0 aromatic carbocycles. The third-order valence-corrected chi connectivity index (χ3v) is 2.81. The quantitative estimate of drug-likeness (QED) is 0.524. The summed E-state index contributed by atoms with van der Waals surface area (Å²) in [5.74, 6) is -0.406. The molecule has 1 unspecified atom stereocenters. The molecule has 5 heteroatoms. The second-order valence-electron chi connectivity index (χ2n) is 4.24. The first-order valence-electron chi connectivity index (χ1n) is 5.83. The van der Waals surface area contributed by atoms with Crippen LogP contribution in [-0.4, -0.2) is 36.6 Å². The van der Waals surface area contributed by atoms with Gasteiger partial charge in [0.2, 0.25) is 5.91 Å². The van der Waals surface area contributed by atoms with Gasteiger partial charge in [0.15, 0.2) is 0 Å². The van der Waals surface area contributed by atoms with Crippen LogP contribution in [0.15, 0.2) is 0 Å². The molecule has 1 amide bonds. The van der Waals surface area contributed by atoms with E-state index in [1.807, 2.05) is 0 Å². The molecule has 0 bridgehead atoms. The maximum absolute atomic E-state index is 11.2. The molecule has 1 atom stereocenters. The lowest BCUT2D eigenvalue weighted by Gasteiger charge is -2.10. The van der Waals surface area contributed by atoms with Crippen molar-refractivity contribution in [3.05, 3.63) is 0 Å². The number of unbranched alkanes of at least 4 members (excludes halogenated alkanes) is 1. The number of rotatable bonds is 8. The second kappa shape index (κ2) is 6.48. The van der Waals surface area contributed by atoms with Gasteiger partial charge in [0.1, 0.15) is 6.04 Å². The summed E-state index contributed by atoms with van der Waals surface area (Å²) < 4.78 is 0. The summed E-state index contributed by atoms with van der Waals surface area (Å²) in [6.07, 6.45) is 4.29. The lowest BCUT2D eigenvalue weighted by atomic mass is 10.1. The van der Waals surface area contributed by atoms with Crippen molar-refractivity contribution < 1.29 is 14.7 Å². The first-order chi connectivity index (χ1) is 7.65. The molecule has 1 fully saturated rings. The highest BCUT2D eigenvalue weighted by atomic mass is 16.4. The summed E-state index contributed by atoms with van der Waals surface area (Å²) >= 11 is 0. The Morgan fingerprint density at radius 2 is 2.06 bits per heavy atom. The van der Waals surface area contributed by atoms with Gasteiger partial charge in [0, 0.05) is 12.5 Å². The van der Waals surface area contributed by atoms with Crippen LogP contribution in [0.5, 0.6) is 0 Å². The highest BCUT2D eigenvalue weighted by Crippen LogP contribution is 2.28. The van der Waals surface area contributed by atoms with E-state index in [2.05, 4.69) is 10.6 Å². The predicted octanol–water partition coefficient (Wildman–Crippen LogP) is 0.355. The van der Waals surface area contributed by atoms with Gasteiger partial charge in [-0.05, 0) is 39.2 Å². The van der Waals surface area contributed by atoms with Crippen LogP contribution in [0.2, 0.25) is 0 Å². The first-order valence-corrected chi connectivity index (χ1v) is 5.83. The maximum atomic E-state index is 11.2. The zero-order valence-electron chi connectivity index (χ0n) is 9.66. The molecule has 0 radical (unpaired) electrons. The largest absolute Gasteiger partial charge is 0.480 e. The number of hydrogen-bond donors (Lipinski definition) is 3. The second-order valence-corrected chi connectivity index (χ2v) is 4.24. The van der Waals surface area contributed by atoms with Crippen molar-refractivity contribution >= 4 is 11.9 Å². The first kappa shape index (κ1) is 13.0. The minimum atomic E-state index is -0.815. The van der Waals surface area contributed by atoms with Crippen LogP contribution >= 0.6 is 0 Å². The molecule has 0 heterocycles. The highest BCUT2D eigenvalue weighted by Gasteiger charge is 2.28. The summed E-state index contributed by atoms with van der Waals surface area (Å²) in [4.78, 5) is 21.9. The van der Waals surface area contributed by atoms with Gasteiger partial charge >= 0.3 is 5.97 Å². The van der Waals surface area contributed by atoms with E-state index in [4.69, 9.17) is 5.11 Å². The Hall–Kier alpha value is -1.10. The summed E-state index contributed by atoms with van der Waals surface area (Å²) in [5.41, 5.74) is 0. The third-order valence-electron chi connectivity index (χ3n) is 2.81. The van der Waals surface area contributed by atoms with Gasteiger partial charge in [0.05, 0.1) is 0 Å². The molecule has 0 spiro atoms. The number of likely N-dealkylation sites (N-methyl/N-ethyl adjacent to an activating group) is 1. The summed E-state index contributed by atoms with van der Waals surface area (Å²) in [6.45, 7) is 0.658. The molecule has 5 nitrogen and oxygen atoms in total. The summed E-state index contributed by atoms with van der Waals surface area (Å²) in [6, 6.07) is -0.473. The number of carbonyl (C=O) groups is 2. The number of amides is 1. The van der Waals surface area contributed by atoms with Crippen molar-refractivity contribution in [3.63, 3.8) is 0 Å². The van der Waals surface area contributed by atoms with E-state index in [1.54, 1.807) is 7.05 Å². The average Bonchev–Trinajstić information content (AvgIpc) is 3.05. The topological polar surface area (TPSA) is 78.4 Å². The molecule has 92 valence electrons. The van der Waals surface area contributed by atoms with E-state index >= 15 is 0 Å². The van der Waals surface area contributed by atoms with Crippen molar-refractivity contribution in [3.8, 4) is 0 Å². The third kappa shape index (κ3) is 4.61. The fourth-order valence-electron chi connectivity index (χ4n) is 1.57. The zero-order chi connectivity index (χ0) is 12.0. The van der Waals surface area contributed by atoms with Gasteiger partial charge in [0.25, 0.3) is 0 Å². The predicted molar refractivity (Wildman–Crippen MR) is 60.1 cm³/mol. The normalized spacial score (nSPS) is 16.8. The van der Waals surface area contributed by atoms with Crippen LogP contribution in [0.3, 0.4) is 0 Å². The molecule has 0 saturated heterocycles. The lowest BCUT2D eigenvalue weighted by molar-refractivity contribution is -0.139. The Morgan fingerprint density at radius 1 is 1.38 bits per heavy atom. The smallest absolute Gasteiger partial charge is 0.320 e. The van der Waals surface area contributed by atoms with Crippen molar-refractivity contribution in [1.29, 1.82) is 0 Å². The number of aliphatic carboxylic acids is 1. The van der Waals surface area contributed by atoms with Crippen LogP contribution in [0.25, 0.3) is 0 Å². The Bertz CT molecular complexity index is 252. The van der Waals surface area contributed by atoms with Crippen molar-refractivity contribution in [1.82, 2.24) is 10.6 Å². The van der Waals surface area contributed by atoms with Gasteiger partial charge < -0.3 is 15.7 Å². The zero-order valence-corrected chi connectivity index (χ0v) is 9.66. The molecule has 0 aliphatic heterocycles. The van der Waals surface area contributed by atoms with E-state index < -0.39 is 12.0 Å². The van der Waals surface area contributed by atoms with E-state index in [0.29, 0.717) is 13.0 Å². The Balaban J connectivity index is 1.98. The minimum Gasteiger partial charge on any atom is -0.480 e. The molecule has 16 heavy (non-hydrogen) atoms. The molecular formula is C11H20N2O3. The number of hydrogen-bond acceptors (Lipinski definition) is 3. The van der Waals surface area contributed by atoms with Crippen molar-refractivity contribution in [2.24, 2.45) is 5.92 Å². The van der Waals surface area contributed by atoms with E-state index in [1.165, 1.54) is 0 Å². The van der Waals surface area contributed by atoms with Crippen molar-refractivity contribution in [2.75, 3.05) is 13.6 Å². The molecule has 1 saturated carbocycles. The van der Waals surface area contributed by atoms with Crippen molar-refractivity contribution in [2.45, 2.75) is 38.1 Å². The monoisotopic (exact) mass is 228 g/mol. The molecule has 0 aromatic rings. The van der Waals surface area contributed by atoms with Crippen LogP contribution in [0, 0.1) is 5.92 Å². The molecule has 0 aromatic heterocycles. The van der Waals surface area contributed by atoms with Crippen LogP contribution in [0.4, 0.5) is 0 Å². The van der Waals surface area contributed by atoms with Crippen LogP contribution in [-0.2, 0) is 9.59 Å². The summed E-state index contributed by atoms with van der Waals surface area (Å²) in [5, 5.41) is 14.4. The van der Waals surface area contributed by atoms with Crippen LogP contribution in [0.1, 0.15) is 32.1 Å². The number of carbonyl (C=O) groups excluding carboxylic acids is 1. The maximum Gasteiger partial charge on any atom is 0.320 e. The van der Waals surface area contributed by atoms with Gasteiger partial charge in [-0.3, -0.25) is 9.59 Å². The van der Waals surface area contributed by atoms with Crippen LogP contribution < -0.4 is 10.6 Å². The Labute approximate surface area is 95.6 Å². The molecule has 3 N–H and O–H groups in total. The fraction of sp³-hybridized carbons (Fsp3) is 0.818. The molecule has 1 rings (SSSR count). The van der Waals surface area contributed by atoms with E-state index in [-0.39, 0.29) is 11.8 Å². The molecule has 1 aliphatic carbocycles. The Morgan fingerprint density at radius 3 is 2.56 bits per heavy atom. The minimum absolute atomic E-state index is 0.156. The average molecular weight is 228 g/mol. The fourth-order valence-corrected chi connectivity index (χ4v) is 1.57. The Kier molecular flexibility index (Phi) is 5.25. The standard InChI is InChI=1S/C11H20N2O3/c1-12-9(11(15)16)4-2-3-7-13-10(14)8-5-6-8/h8-9,12H,2-7H2,1H3,(H,13,14)(H,15,16). The van der Waals surface area contributed by atoms with Gasteiger partial charge in [-0.25, -0.2) is 0 Å². The number of nitrogens with one attached hydrogen (secondary N) is 2.